The van der Waals surface area contributed by atoms with Gasteiger partial charge in [-0.1, -0.05) is 50.1 Å². The van der Waals surface area contributed by atoms with Crippen LogP contribution in [0.25, 0.3) is 11.1 Å². The molecule has 0 spiro atoms. The Kier molecular flexibility index (Phi) is 7.39. The maximum atomic E-state index is 14.5. The Balaban J connectivity index is 1.66. The first-order chi connectivity index (χ1) is 14.5. The molecule has 0 aromatic heterocycles. The molecule has 0 saturated carbocycles. The summed E-state index contributed by atoms with van der Waals surface area (Å²) < 4.78 is 53.5. The molecule has 0 amide bonds. The Morgan fingerprint density at radius 3 is 2.27 bits per heavy atom. The van der Waals surface area contributed by atoms with Gasteiger partial charge in [-0.3, -0.25) is 0 Å². The Bertz CT molecular complexity index is 984. The van der Waals surface area contributed by atoms with E-state index in [1.807, 2.05) is 0 Å². The third-order valence-corrected chi connectivity index (χ3v) is 4.87. The number of rotatable bonds is 9. The van der Waals surface area contributed by atoms with Crippen molar-refractivity contribution in [3.05, 3.63) is 83.2 Å². The second kappa shape index (κ2) is 10.2. The van der Waals surface area contributed by atoms with Crippen LogP contribution in [0.5, 0.6) is 11.5 Å². The standard InChI is InChI=1S/C25H25F3O2/c1-3-4-5-14-29-23-13-12-21(24(27)25(23)28)19-9-7-18(8-10-19)16-30-20-11-6-17(2)22(26)15-20/h6-13,15H,3-5,14,16H2,1-2H3. The summed E-state index contributed by atoms with van der Waals surface area (Å²) in [5.74, 6) is -1.86. The van der Waals surface area contributed by atoms with Crippen molar-refractivity contribution in [2.24, 2.45) is 0 Å². The van der Waals surface area contributed by atoms with E-state index < -0.39 is 11.6 Å². The van der Waals surface area contributed by atoms with Crippen LogP contribution < -0.4 is 9.47 Å². The molecule has 0 atom stereocenters. The summed E-state index contributed by atoms with van der Waals surface area (Å²) >= 11 is 0. The highest BCUT2D eigenvalue weighted by Crippen LogP contribution is 2.30. The van der Waals surface area contributed by atoms with Crippen molar-refractivity contribution < 1.29 is 22.6 Å². The minimum atomic E-state index is -0.974. The highest BCUT2D eigenvalue weighted by molar-refractivity contribution is 5.65. The van der Waals surface area contributed by atoms with Gasteiger partial charge in [-0.15, -0.1) is 0 Å². The molecule has 2 nitrogen and oxygen atoms in total. The highest BCUT2D eigenvalue weighted by atomic mass is 19.2. The SMILES string of the molecule is CCCCCOc1ccc(-c2ccc(COc3ccc(C)c(F)c3)cc2)c(F)c1F. The molecule has 0 aliphatic heterocycles. The fourth-order valence-corrected chi connectivity index (χ4v) is 3.01. The second-order valence-corrected chi connectivity index (χ2v) is 7.19. The summed E-state index contributed by atoms with van der Waals surface area (Å²) in [6, 6.07) is 14.6. The van der Waals surface area contributed by atoms with Gasteiger partial charge in [-0.25, -0.2) is 8.78 Å². The van der Waals surface area contributed by atoms with Crippen molar-refractivity contribution >= 4 is 0 Å². The molecule has 0 saturated heterocycles. The summed E-state index contributed by atoms with van der Waals surface area (Å²) in [5, 5.41) is 0. The molecule has 0 radical (unpaired) electrons. The summed E-state index contributed by atoms with van der Waals surface area (Å²) in [6.07, 6.45) is 2.82. The summed E-state index contributed by atoms with van der Waals surface area (Å²) in [6.45, 7) is 4.35. The molecule has 3 aromatic rings. The lowest BCUT2D eigenvalue weighted by Crippen LogP contribution is -2.01. The molecular formula is C25H25F3O2. The van der Waals surface area contributed by atoms with E-state index >= 15 is 0 Å². The van der Waals surface area contributed by atoms with Crippen LogP contribution in [-0.4, -0.2) is 6.61 Å². The van der Waals surface area contributed by atoms with Crippen LogP contribution in [-0.2, 0) is 6.61 Å². The molecule has 30 heavy (non-hydrogen) atoms. The van der Waals surface area contributed by atoms with E-state index in [4.69, 9.17) is 9.47 Å². The van der Waals surface area contributed by atoms with Gasteiger partial charge in [0, 0.05) is 11.6 Å². The average Bonchev–Trinajstić information content (AvgIpc) is 2.75. The van der Waals surface area contributed by atoms with Gasteiger partial charge in [0.15, 0.2) is 11.6 Å². The molecule has 3 aromatic carbocycles. The van der Waals surface area contributed by atoms with E-state index in [2.05, 4.69) is 6.92 Å². The Morgan fingerprint density at radius 1 is 0.800 bits per heavy atom. The lowest BCUT2D eigenvalue weighted by atomic mass is 10.0. The zero-order chi connectivity index (χ0) is 21.5. The average molecular weight is 414 g/mol. The van der Waals surface area contributed by atoms with Crippen molar-refractivity contribution in [1.82, 2.24) is 0 Å². The zero-order valence-electron chi connectivity index (χ0n) is 17.2. The van der Waals surface area contributed by atoms with E-state index in [1.165, 1.54) is 18.2 Å². The third kappa shape index (κ3) is 5.35. The molecule has 0 N–H and O–H groups in total. The maximum Gasteiger partial charge on any atom is 0.201 e. The third-order valence-electron chi connectivity index (χ3n) is 4.87. The summed E-state index contributed by atoms with van der Waals surface area (Å²) in [4.78, 5) is 0. The van der Waals surface area contributed by atoms with Crippen LogP contribution in [0.3, 0.4) is 0 Å². The monoisotopic (exact) mass is 414 g/mol. The Hall–Kier alpha value is -2.95. The van der Waals surface area contributed by atoms with Crippen molar-refractivity contribution in [2.45, 2.75) is 39.7 Å². The van der Waals surface area contributed by atoms with E-state index in [-0.39, 0.29) is 23.7 Å². The molecule has 0 unspecified atom stereocenters. The number of unbranched alkanes of at least 4 members (excludes halogenated alkanes) is 2. The second-order valence-electron chi connectivity index (χ2n) is 7.19. The number of aryl methyl sites for hydroxylation is 1. The lowest BCUT2D eigenvalue weighted by Gasteiger charge is -2.11. The largest absolute Gasteiger partial charge is 0.490 e. The zero-order valence-corrected chi connectivity index (χ0v) is 17.2. The normalized spacial score (nSPS) is 10.8. The molecule has 0 fully saturated rings. The molecule has 0 aliphatic carbocycles. The van der Waals surface area contributed by atoms with Crippen molar-refractivity contribution in [3.63, 3.8) is 0 Å². The number of hydrogen-bond acceptors (Lipinski definition) is 2. The van der Waals surface area contributed by atoms with Gasteiger partial charge in [0.1, 0.15) is 18.2 Å². The van der Waals surface area contributed by atoms with E-state index in [9.17, 15) is 13.2 Å². The van der Waals surface area contributed by atoms with E-state index in [0.29, 0.717) is 23.5 Å². The van der Waals surface area contributed by atoms with E-state index in [0.717, 1.165) is 24.8 Å². The fraction of sp³-hybridized carbons (Fsp3) is 0.280. The first-order valence-electron chi connectivity index (χ1n) is 10.1. The van der Waals surface area contributed by atoms with E-state index in [1.54, 1.807) is 43.3 Å². The van der Waals surface area contributed by atoms with Gasteiger partial charge in [-0.05, 0) is 48.2 Å². The van der Waals surface area contributed by atoms with Gasteiger partial charge >= 0.3 is 0 Å². The van der Waals surface area contributed by atoms with Crippen LogP contribution in [0, 0.1) is 24.4 Å². The van der Waals surface area contributed by atoms with Gasteiger partial charge in [0.25, 0.3) is 0 Å². The van der Waals surface area contributed by atoms with Crippen molar-refractivity contribution in [2.75, 3.05) is 6.61 Å². The van der Waals surface area contributed by atoms with Crippen LogP contribution >= 0.6 is 0 Å². The predicted octanol–water partition coefficient (Wildman–Crippen LogP) is 7.23. The predicted molar refractivity (Wildman–Crippen MR) is 112 cm³/mol. The molecule has 0 aliphatic rings. The summed E-state index contributed by atoms with van der Waals surface area (Å²) in [5.41, 5.74) is 2.10. The molecule has 0 bridgehead atoms. The lowest BCUT2D eigenvalue weighted by molar-refractivity contribution is 0.286. The quantitative estimate of drug-likeness (QED) is 0.344. The Labute approximate surface area is 175 Å². The summed E-state index contributed by atoms with van der Waals surface area (Å²) in [7, 11) is 0. The minimum Gasteiger partial charge on any atom is -0.490 e. The Morgan fingerprint density at radius 2 is 1.57 bits per heavy atom. The van der Waals surface area contributed by atoms with Gasteiger partial charge in [0.05, 0.1) is 6.61 Å². The number of ether oxygens (including phenoxy) is 2. The topological polar surface area (TPSA) is 18.5 Å². The molecule has 5 heteroatoms. The van der Waals surface area contributed by atoms with Crippen LogP contribution in [0.2, 0.25) is 0 Å². The molecule has 158 valence electrons. The van der Waals surface area contributed by atoms with Crippen molar-refractivity contribution in [1.29, 1.82) is 0 Å². The minimum absolute atomic E-state index is 0.0669. The molecular weight excluding hydrogens is 389 g/mol. The highest BCUT2D eigenvalue weighted by Gasteiger charge is 2.16. The van der Waals surface area contributed by atoms with Gasteiger partial charge < -0.3 is 9.47 Å². The molecule has 0 heterocycles. The van der Waals surface area contributed by atoms with Crippen LogP contribution in [0.1, 0.15) is 37.3 Å². The fourth-order valence-electron chi connectivity index (χ4n) is 3.01. The van der Waals surface area contributed by atoms with Gasteiger partial charge in [0.2, 0.25) is 5.82 Å². The number of hydrogen-bond donors (Lipinski definition) is 0. The van der Waals surface area contributed by atoms with Crippen LogP contribution in [0.4, 0.5) is 13.2 Å². The smallest absolute Gasteiger partial charge is 0.201 e. The van der Waals surface area contributed by atoms with Crippen molar-refractivity contribution in [3.8, 4) is 22.6 Å². The van der Waals surface area contributed by atoms with Crippen LogP contribution in [0.15, 0.2) is 54.6 Å². The number of halogens is 3. The van der Waals surface area contributed by atoms with Gasteiger partial charge in [-0.2, -0.15) is 4.39 Å². The first-order valence-corrected chi connectivity index (χ1v) is 10.1. The number of benzene rings is 3. The molecule has 3 rings (SSSR count). The first kappa shape index (κ1) is 21.8. The maximum absolute atomic E-state index is 14.5.